The quantitative estimate of drug-likeness (QED) is 0.462. The third-order valence-electron chi connectivity index (χ3n) is 5.74. The highest BCUT2D eigenvalue weighted by Gasteiger charge is 2.19. The van der Waals surface area contributed by atoms with E-state index in [-0.39, 0.29) is 5.92 Å². The topological polar surface area (TPSA) is 111 Å². The zero-order valence-electron chi connectivity index (χ0n) is 19.3. The van der Waals surface area contributed by atoms with Gasteiger partial charge in [-0.25, -0.2) is 14.5 Å². The second kappa shape index (κ2) is 8.83. The van der Waals surface area contributed by atoms with Crippen molar-refractivity contribution in [2.75, 3.05) is 14.1 Å². The molecule has 1 unspecified atom stereocenters. The molecule has 9 nitrogen and oxygen atoms in total. The Morgan fingerprint density at radius 3 is 2.91 bits per heavy atom. The molecule has 9 heteroatoms. The van der Waals surface area contributed by atoms with E-state index in [1.54, 1.807) is 4.52 Å². The van der Waals surface area contributed by atoms with Gasteiger partial charge in [-0.15, -0.1) is 0 Å². The van der Waals surface area contributed by atoms with Crippen LogP contribution < -0.4 is 5.32 Å². The van der Waals surface area contributed by atoms with E-state index in [9.17, 15) is 5.26 Å². The molecule has 1 aliphatic rings. The van der Waals surface area contributed by atoms with Crippen LogP contribution in [0.1, 0.15) is 17.9 Å². The second-order valence-electron chi connectivity index (χ2n) is 8.50. The summed E-state index contributed by atoms with van der Waals surface area (Å²) in [7, 11) is 3.96. The summed E-state index contributed by atoms with van der Waals surface area (Å²) in [6.45, 7) is 2.47. The molecule has 0 fully saturated rings. The summed E-state index contributed by atoms with van der Waals surface area (Å²) >= 11 is 0. The SMILES string of the molecule is Cc1cccc(-c2[nH]c(CNC3=CC(N(C)C)=CC(C#N)C3)nc2-c2ccc3ncnn3c2)n1. The van der Waals surface area contributed by atoms with Crippen LogP contribution >= 0.6 is 0 Å². The average Bonchev–Trinajstić information content (AvgIpc) is 3.49. The van der Waals surface area contributed by atoms with Crippen molar-refractivity contribution in [3.63, 3.8) is 0 Å². The van der Waals surface area contributed by atoms with E-state index < -0.39 is 0 Å². The molecular formula is C25H25N9. The van der Waals surface area contributed by atoms with Gasteiger partial charge in [0, 0.05) is 49.4 Å². The fourth-order valence-electron chi connectivity index (χ4n) is 4.01. The Morgan fingerprint density at radius 2 is 2.12 bits per heavy atom. The highest BCUT2D eigenvalue weighted by molar-refractivity contribution is 5.77. The third kappa shape index (κ3) is 4.26. The van der Waals surface area contributed by atoms with Crippen molar-refractivity contribution in [1.82, 2.24) is 39.8 Å². The summed E-state index contributed by atoms with van der Waals surface area (Å²) in [5.41, 5.74) is 7.13. The molecule has 1 aliphatic carbocycles. The number of fused-ring (bicyclic) bond motifs is 1. The van der Waals surface area contributed by atoms with Crippen LogP contribution in [0, 0.1) is 24.2 Å². The number of rotatable bonds is 6. The lowest BCUT2D eigenvalue weighted by Gasteiger charge is -2.23. The molecule has 0 aliphatic heterocycles. The number of hydrogen-bond donors (Lipinski definition) is 2. The van der Waals surface area contributed by atoms with Crippen molar-refractivity contribution in [1.29, 1.82) is 5.26 Å². The second-order valence-corrected chi connectivity index (χ2v) is 8.50. The Kier molecular flexibility index (Phi) is 5.55. The number of H-pyrrole nitrogens is 1. The van der Waals surface area contributed by atoms with Crippen molar-refractivity contribution in [3.8, 4) is 28.7 Å². The Labute approximate surface area is 197 Å². The van der Waals surface area contributed by atoms with Gasteiger partial charge in [0.1, 0.15) is 12.2 Å². The number of nitriles is 1. The molecule has 4 heterocycles. The molecule has 0 spiro atoms. The Morgan fingerprint density at radius 1 is 1.24 bits per heavy atom. The van der Waals surface area contributed by atoms with Gasteiger partial charge in [-0.1, -0.05) is 6.07 Å². The predicted molar refractivity (Wildman–Crippen MR) is 129 cm³/mol. The van der Waals surface area contributed by atoms with E-state index in [2.05, 4.69) is 32.5 Å². The molecule has 4 aromatic rings. The number of imidazole rings is 1. The standard InChI is InChI=1S/C25H25N9/c1-16-5-4-6-21(30-16)25-24(18-7-8-23-28-15-29-34(23)14-18)31-22(32-25)13-27-19-9-17(12-26)10-20(11-19)33(2)3/h4-8,10-11,14-15,17,27H,9,13H2,1-3H3,(H,31,32). The van der Waals surface area contributed by atoms with Crippen molar-refractivity contribution in [3.05, 3.63) is 77.9 Å². The molecule has 0 saturated heterocycles. The Hall–Kier alpha value is -4.45. The van der Waals surface area contributed by atoms with Crippen LogP contribution in [0.25, 0.3) is 28.3 Å². The zero-order valence-corrected chi connectivity index (χ0v) is 19.3. The highest BCUT2D eigenvalue weighted by atomic mass is 15.3. The number of hydrogen-bond acceptors (Lipinski definition) is 7. The van der Waals surface area contributed by atoms with E-state index >= 15 is 0 Å². The Bertz CT molecular complexity index is 1450. The maximum atomic E-state index is 9.46. The number of aryl methyl sites for hydroxylation is 1. The molecule has 0 saturated carbocycles. The monoisotopic (exact) mass is 451 g/mol. The Balaban J connectivity index is 1.48. The van der Waals surface area contributed by atoms with Crippen LogP contribution in [0.15, 0.2) is 66.4 Å². The maximum Gasteiger partial charge on any atom is 0.155 e. The van der Waals surface area contributed by atoms with Crippen LogP contribution in [0.2, 0.25) is 0 Å². The minimum Gasteiger partial charge on any atom is -0.381 e. The van der Waals surface area contributed by atoms with Crippen molar-refractivity contribution < 1.29 is 0 Å². The fraction of sp³-hybridized carbons (Fsp3) is 0.240. The summed E-state index contributed by atoms with van der Waals surface area (Å²) in [5.74, 6) is 0.626. The van der Waals surface area contributed by atoms with Gasteiger partial charge in [-0.2, -0.15) is 10.4 Å². The van der Waals surface area contributed by atoms with Gasteiger partial charge < -0.3 is 15.2 Å². The van der Waals surface area contributed by atoms with E-state index in [1.807, 2.05) is 68.5 Å². The van der Waals surface area contributed by atoms with Gasteiger partial charge in [-0.3, -0.25) is 4.98 Å². The minimum absolute atomic E-state index is 0.154. The smallest absolute Gasteiger partial charge is 0.155 e. The minimum atomic E-state index is -0.154. The van der Waals surface area contributed by atoms with Crippen molar-refractivity contribution >= 4 is 5.65 Å². The third-order valence-corrected chi connectivity index (χ3v) is 5.74. The van der Waals surface area contributed by atoms with E-state index in [0.29, 0.717) is 13.0 Å². The molecule has 34 heavy (non-hydrogen) atoms. The number of aromatic nitrogens is 6. The van der Waals surface area contributed by atoms with Crippen LogP contribution in [0.3, 0.4) is 0 Å². The zero-order chi connectivity index (χ0) is 23.7. The highest BCUT2D eigenvalue weighted by Crippen LogP contribution is 2.30. The van der Waals surface area contributed by atoms with E-state index in [1.165, 1.54) is 6.33 Å². The van der Waals surface area contributed by atoms with E-state index in [0.717, 1.165) is 51.2 Å². The molecule has 5 rings (SSSR count). The lowest BCUT2D eigenvalue weighted by Crippen LogP contribution is -2.22. The average molecular weight is 452 g/mol. The summed E-state index contributed by atoms with van der Waals surface area (Å²) in [6, 6.07) is 12.2. The first-order chi connectivity index (χ1) is 16.5. The molecule has 4 aromatic heterocycles. The summed E-state index contributed by atoms with van der Waals surface area (Å²) in [6.07, 6.45) is 8.18. The number of pyridine rings is 2. The number of aromatic amines is 1. The molecule has 1 atom stereocenters. The van der Waals surface area contributed by atoms with Gasteiger partial charge in [0.05, 0.1) is 35.6 Å². The summed E-state index contributed by atoms with van der Waals surface area (Å²) in [5, 5.41) is 17.2. The largest absolute Gasteiger partial charge is 0.381 e. The van der Waals surface area contributed by atoms with Gasteiger partial charge in [0.25, 0.3) is 0 Å². The summed E-state index contributed by atoms with van der Waals surface area (Å²) in [4.78, 5) is 19.3. The van der Waals surface area contributed by atoms with Crippen molar-refractivity contribution in [2.24, 2.45) is 5.92 Å². The molecule has 0 bridgehead atoms. The fourth-order valence-corrected chi connectivity index (χ4v) is 4.01. The van der Waals surface area contributed by atoms with Crippen LogP contribution in [0.5, 0.6) is 0 Å². The maximum absolute atomic E-state index is 9.46. The van der Waals surface area contributed by atoms with Crippen LogP contribution in [-0.4, -0.2) is 48.5 Å². The summed E-state index contributed by atoms with van der Waals surface area (Å²) < 4.78 is 1.74. The predicted octanol–water partition coefficient (Wildman–Crippen LogP) is 3.45. The lowest BCUT2D eigenvalue weighted by atomic mass is 9.97. The van der Waals surface area contributed by atoms with Gasteiger partial charge in [-0.05, 0) is 43.3 Å². The van der Waals surface area contributed by atoms with Crippen LogP contribution in [-0.2, 0) is 6.54 Å². The van der Waals surface area contributed by atoms with E-state index in [4.69, 9.17) is 9.97 Å². The number of allylic oxidation sites excluding steroid dienone is 3. The lowest BCUT2D eigenvalue weighted by molar-refractivity contribution is 0.510. The van der Waals surface area contributed by atoms with Gasteiger partial charge >= 0.3 is 0 Å². The normalized spacial score (nSPS) is 15.5. The first-order valence-corrected chi connectivity index (χ1v) is 11.1. The number of nitrogens with one attached hydrogen (secondary N) is 2. The molecular weight excluding hydrogens is 426 g/mol. The first kappa shape index (κ1) is 21.4. The number of nitrogens with zero attached hydrogens (tertiary/aromatic N) is 7. The molecule has 0 radical (unpaired) electrons. The van der Waals surface area contributed by atoms with Gasteiger partial charge in [0.2, 0.25) is 0 Å². The molecule has 0 aromatic carbocycles. The first-order valence-electron chi connectivity index (χ1n) is 11.1. The molecule has 0 amide bonds. The molecule has 2 N–H and O–H groups in total. The van der Waals surface area contributed by atoms with Gasteiger partial charge in [0.15, 0.2) is 5.65 Å². The van der Waals surface area contributed by atoms with Crippen LogP contribution in [0.4, 0.5) is 0 Å². The number of likely N-dealkylation sites (N-methyl/N-ethyl adjacent to an activating group) is 1. The molecule has 170 valence electrons. The van der Waals surface area contributed by atoms with Crippen molar-refractivity contribution in [2.45, 2.75) is 19.9 Å².